The molecule has 1 aromatic carbocycles. The smallest absolute Gasteiger partial charge is 0.329 e. The lowest BCUT2D eigenvalue weighted by Gasteiger charge is -2.20. The molecule has 0 aliphatic heterocycles. The maximum absolute atomic E-state index is 12.2. The van der Waals surface area contributed by atoms with Crippen LogP contribution in [0.4, 0.5) is 0 Å². The van der Waals surface area contributed by atoms with Gasteiger partial charge in [0.2, 0.25) is 0 Å². The van der Waals surface area contributed by atoms with Crippen molar-refractivity contribution in [2.75, 3.05) is 26.9 Å². The van der Waals surface area contributed by atoms with E-state index in [0.717, 1.165) is 0 Å². The molecule has 2 N–H and O–H groups in total. The Morgan fingerprint density at radius 1 is 1.12 bits per heavy atom. The molecule has 24 heavy (non-hydrogen) atoms. The Balaban J connectivity index is 2.53. The number of hydrogen-bond donors (Lipinski definition) is 2. The van der Waals surface area contributed by atoms with Crippen LogP contribution in [-0.4, -0.2) is 50.7 Å². The highest BCUT2D eigenvalue weighted by molar-refractivity contribution is 5.97. The van der Waals surface area contributed by atoms with Crippen LogP contribution in [-0.2, 0) is 19.1 Å². The van der Waals surface area contributed by atoms with Crippen LogP contribution < -0.4 is 10.6 Å². The number of esters is 1. The molecular weight excluding hydrogens is 312 g/mol. The van der Waals surface area contributed by atoms with Crippen molar-refractivity contribution in [1.82, 2.24) is 10.6 Å². The first-order chi connectivity index (χ1) is 11.5. The summed E-state index contributed by atoms with van der Waals surface area (Å²) in [5, 5.41) is 5.19. The summed E-state index contributed by atoms with van der Waals surface area (Å²) in [7, 11) is 1.52. The lowest BCUT2D eigenvalue weighted by Crippen LogP contribution is -2.46. The van der Waals surface area contributed by atoms with Crippen molar-refractivity contribution in [3.63, 3.8) is 0 Å². The second-order valence-corrected chi connectivity index (χ2v) is 5.51. The summed E-state index contributed by atoms with van der Waals surface area (Å²) in [5.41, 5.74) is 0.452. The molecule has 0 bridgehead atoms. The number of amides is 2. The Bertz CT molecular complexity index is 545. The van der Waals surface area contributed by atoms with Crippen LogP contribution in [0.2, 0.25) is 0 Å². The Kier molecular flexibility index (Phi) is 8.49. The standard InChI is InChI=1S/C17H24N2O5/c1-12(2)15(19-16(21)13-7-5-4-6-8-13)17(22)24-11-14(20)18-9-10-23-3/h4-8,12,15H,9-11H2,1-3H3,(H,18,20)(H,19,21)/t15-/m0/s1. The van der Waals surface area contributed by atoms with E-state index in [1.807, 2.05) is 0 Å². The number of benzene rings is 1. The van der Waals surface area contributed by atoms with Crippen molar-refractivity contribution in [2.45, 2.75) is 19.9 Å². The van der Waals surface area contributed by atoms with Gasteiger partial charge in [-0.25, -0.2) is 4.79 Å². The van der Waals surface area contributed by atoms with Gasteiger partial charge in [0.1, 0.15) is 6.04 Å². The van der Waals surface area contributed by atoms with Gasteiger partial charge in [0.15, 0.2) is 6.61 Å². The van der Waals surface area contributed by atoms with Crippen molar-refractivity contribution in [2.24, 2.45) is 5.92 Å². The van der Waals surface area contributed by atoms with E-state index in [-0.39, 0.29) is 11.8 Å². The molecule has 7 nitrogen and oxygen atoms in total. The summed E-state index contributed by atoms with van der Waals surface area (Å²) in [6.45, 7) is 3.89. The number of methoxy groups -OCH3 is 1. The molecule has 2 amide bonds. The summed E-state index contributed by atoms with van der Waals surface area (Å²) in [5.74, 6) is -1.61. The molecule has 1 atom stereocenters. The molecule has 1 rings (SSSR count). The summed E-state index contributed by atoms with van der Waals surface area (Å²) >= 11 is 0. The number of carbonyl (C=O) groups excluding carboxylic acids is 3. The Labute approximate surface area is 141 Å². The zero-order valence-electron chi connectivity index (χ0n) is 14.2. The van der Waals surface area contributed by atoms with Gasteiger partial charge in [0, 0.05) is 19.2 Å². The molecule has 0 unspecified atom stereocenters. The topological polar surface area (TPSA) is 93.7 Å². The van der Waals surface area contributed by atoms with Crippen molar-refractivity contribution in [3.8, 4) is 0 Å². The molecule has 0 spiro atoms. The van der Waals surface area contributed by atoms with Gasteiger partial charge in [0.25, 0.3) is 11.8 Å². The number of carbonyl (C=O) groups is 3. The molecule has 0 fully saturated rings. The molecule has 0 radical (unpaired) electrons. The van der Waals surface area contributed by atoms with Crippen LogP contribution in [0.15, 0.2) is 30.3 Å². The maximum atomic E-state index is 12.2. The summed E-state index contributed by atoms with van der Waals surface area (Å²) in [6.07, 6.45) is 0. The molecular formula is C17H24N2O5. The minimum atomic E-state index is -0.829. The van der Waals surface area contributed by atoms with Crippen LogP contribution >= 0.6 is 0 Å². The van der Waals surface area contributed by atoms with E-state index in [4.69, 9.17) is 9.47 Å². The molecule has 0 heterocycles. The van der Waals surface area contributed by atoms with Gasteiger partial charge in [-0.05, 0) is 18.1 Å². The molecule has 0 aliphatic rings. The molecule has 7 heteroatoms. The zero-order valence-corrected chi connectivity index (χ0v) is 14.2. The van der Waals surface area contributed by atoms with Crippen LogP contribution in [0.3, 0.4) is 0 Å². The van der Waals surface area contributed by atoms with Gasteiger partial charge in [-0.1, -0.05) is 32.0 Å². The van der Waals surface area contributed by atoms with Gasteiger partial charge in [-0.15, -0.1) is 0 Å². The second kappa shape index (κ2) is 10.4. The van der Waals surface area contributed by atoms with E-state index in [9.17, 15) is 14.4 Å². The lowest BCUT2D eigenvalue weighted by atomic mass is 10.0. The van der Waals surface area contributed by atoms with Crippen molar-refractivity contribution in [3.05, 3.63) is 35.9 Å². The van der Waals surface area contributed by atoms with E-state index in [2.05, 4.69) is 10.6 Å². The maximum Gasteiger partial charge on any atom is 0.329 e. The summed E-state index contributed by atoms with van der Waals surface area (Å²) in [4.78, 5) is 35.8. The SMILES string of the molecule is COCCNC(=O)COC(=O)[C@@H](NC(=O)c1ccccc1)C(C)C. The summed E-state index contributed by atoms with van der Waals surface area (Å²) < 4.78 is 9.79. The fraction of sp³-hybridized carbons (Fsp3) is 0.471. The quantitative estimate of drug-likeness (QED) is 0.513. The monoisotopic (exact) mass is 336 g/mol. The third-order valence-corrected chi connectivity index (χ3v) is 3.22. The number of rotatable bonds is 9. The average Bonchev–Trinajstić information content (AvgIpc) is 2.58. The minimum Gasteiger partial charge on any atom is -0.454 e. The van der Waals surface area contributed by atoms with Crippen LogP contribution in [0, 0.1) is 5.92 Å². The predicted molar refractivity (Wildman–Crippen MR) is 88.4 cm³/mol. The number of hydrogen-bond acceptors (Lipinski definition) is 5. The largest absolute Gasteiger partial charge is 0.454 e. The van der Waals surface area contributed by atoms with Crippen molar-refractivity contribution >= 4 is 17.8 Å². The third kappa shape index (κ3) is 6.78. The minimum absolute atomic E-state index is 0.179. The van der Waals surface area contributed by atoms with E-state index >= 15 is 0 Å². The number of ether oxygens (including phenoxy) is 2. The average molecular weight is 336 g/mol. The van der Waals surface area contributed by atoms with E-state index < -0.39 is 24.5 Å². The third-order valence-electron chi connectivity index (χ3n) is 3.22. The zero-order chi connectivity index (χ0) is 17.9. The second-order valence-electron chi connectivity index (χ2n) is 5.51. The Morgan fingerprint density at radius 3 is 2.38 bits per heavy atom. The van der Waals surface area contributed by atoms with Crippen molar-refractivity contribution < 1.29 is 23.9 Å². The molecule has 0 saturated carbocycles. The molecule has 1 aromatic rings. The highest BCUT2D eigenvalue weighted by atomic mass is 16.5. The van der Waals surface area contributed by atoms with Gasteiger partial charge in [0.05, 0.1) is 6.61 Å². The molecule has 0 aromatic heterocycles. The first-order valence-electron chi connectivity index (χ1n) is 7.74. The van der Waals surface area contributed by atoms with Gasteiger partial charge in [-0.2, -0.15) is 0 Å². The van der Waals surface area contributed by atoms with Gasteiger partial charge < -0.3 is 20.1 Å². The fourth-order valence-electron chi connectivity index (χ4n) is 1.88. The van der Waals surface area contributed by atoms with Gasteiger partial charge in [-0.3, -0.25) is 9.59 Å². The van der Waals surface area contributed by atoms with Gasteiger partial charge >= 0.3 is 5.97 Å². The lowest BCUT2D eigenvalue weighted by molar-refractivity contribution is -0.151. The predicted octanol–water partition coefficient (Wildman–Crippen LogP) is 0.747. The first-order valence-corrected chi connectivity index (χ1v) is 7.74. The first kappa shape index (κ1) is 19.6. The summed E-state index contributed by atoms with van der Waals surface area (Å²) in [6, 6.07) is 7.75. The van der Waals surface area contributed by atoms with Crippen LogP contribution in [0.25, 0.3) is 0 Å². The fourth-order valence-corrected chi connectivity index (χ4v) is 1.88. The Hall–Kier alpha value is -2.41. The highest BCUT2D eigenvalue weighted by Crippen LogP contribution is 2.07. The highest BCUT2D eigenvalue weighted by Gasteiger charge is 2.26. The normalized spacial score (nSPS) is 11.7. The van der Waals surface area contributed by atoms with Crippen LogP contribution in [0.5, 0.6) is 0 Å². The van der Waals surface area contributed by atoms with Crippen molar-refractivity contribution in [1.29, 1.82) is 0 Å². The van der Waals surface area contributed by atoms with E-state index in [0.29, 0.717) is 18.7 Å². The Morgan fingerprint density at radius 2 is 1.79 bits per heavy atom. The van der Waals surface area contributed by atoms with E-state index in [1.165, 1.54) is 7.11 Å². The van der Waals surface area contributed by atoms with Crippen LogP contribution in [0.1, 0.15) is 24.2 Å². The number of nitrogens with one attached hydrogen (secondary N) is 2. The molecule has 132 valence electrons. The van der Waals surface area contributed by atoms with E-state index in [1.54, 1.807) is 44.2 Å². The molecule has 0 saturated heterocycles. The molecule has 0 aliphatic carbocycles.